The Hall–Kier alpha value is -2.92. The summed E-state index contributed by atoms with van der Waals surface area (Å²) in [7, 11) is 1.66. The number of thioether (sulfide) groups is 1. The van der Waals surface area contributed by atoms with Crippen molar-refractivity contribution in [3.63, 3.8) is 0 Å². The fourth-order valence-electron chi connectivity index (χ4n) is 4.60. The molecule has 4 nitrogen and oxygen atoms in total. The lowest BCUT2D eigenvalue weighted by Gasteiger charge is -2.56. The molecule has 152 valence electrons. The van der Waals surface area contributed by atoms with Gasteiger partial charge >= 0.3 is 0 Å². The zero-order valence-electron chi connectivity index (χ0n) is 16.9. The highest BCUT2D eigenvalue weighted by atomic mass is 32.2. The molecular formula is C25H23NO3S. The predicted octanol–water partition coefficient (Wildman–Crippen LogP) is 5.27. The normalized spacial score (nSPS) is 24.9. The minimum Gasteiger partial charge on any atom is -0.497 e. The van der Waals surface area contributed by atoms with Crippen molar-refractivity contribution < 1.29 is 14.3 Å². The molecule has 0 radical (unpaired) electrons. The molecule has 0 aliphatic carbocycles. The summed E-state index contributed by atoms with van der Waals surface area (Å²) in [5.74, 6) is 1.50. The molecule has 3 atom stereocenters. The number of carbonyl (C=O) groups is 1. The van der Waals surface area contributed by atoms with Gasteiger partial charge in [-0.25, -0.2) is 0 Å². The number of para-hydroxylation sites is 2. The summed E-state index contributed by atoms with van der Waals surface area (Å²) >= 11 is 1.82. The third-order valence-electron chi connectivity index (χ3n) is 5.90. The number of rotatable bonds is 4. The minimum atomic E-state index is -0.581. The van der Waals surface area contributed by atoms with Crippen LogP contribution in [0.5, 0.6) is 11.5 Å². The maximum Gasteiger partial charge on any atom is 0.271 e. The van der Waals surface area contributed by atoms with E-state index in [4.69, 9.17) is 9.47 Å². The second kappa shape index (κ2) is 7.40. The molecule has 0 saturated carbocycles. The maximum atomic E-state index is 13.5. The molecule has 1 amide bonds. The lowest BCUT2D eigenvalue weighted by molar-refractivity contribution is -0.142. The van der Waals surface area contributed by atoms with E-state index in [-0.39, 0.29) is 5.91 Å². The molecule has 3 aromatic rings. The maximum absolute atomic E-state index is 13.5. The van der Waals surface area contributed by atoms with Crippen molar-refractivity contribution in [3.05, 3.63) is 84.4 Å². The Morgan fingerprint density at radius 3 is 2.37 bits per heavy atom. The van der Waals surface area contributed by atoms with Crippen LogP contribution in [0.15, 0.2) is 83.8 Å². The van der Waals surface area contributed by atoms with Crippen molar-refractivity contribution in [3.8, 4) is 11.5 Å². The number of carbonyl (C=O) groups excluding carboxylic acids is 1. The highest BCUT2D eigenvalue weighted by Crippen LogP contribution is 2.55. The van der Waals surface area contributed by atoms with Crippen molar-refractivity contribution in [2.75, 3.05) is 12.0 Å². The quantitative estimate of drug-likeness (QED) is 0.542. The Bertz CT molecular complexity index is 1070. The van der Waals surface area contributed by atoms with E-state index in [2.05, 4.69) is 25.1 Å². The fraction of sp³-hybridized carbons (Fsp3) is 0.240. The summed E-state index contributed by atoms with van der Waals surface area (Å²) in [6.45, 7) is 2.22. The first-order chi connectivity index (χ1) is 14.6. The number of nitrogens with zero attached hydrogens (tertiary/aromatic N) is 1. The number of hydrogen-bond donors (Lipinski definition) is 0. The first-order valence-electron chi connectivity index (χ1n) is 10.1. The van der Waals surface area contributed by atoms with Gasteiger partial charge in [0, 0.05) is 10.1 Å². The third-order valence-corrected chi connectivity index (χ3v) is 7.07. The zero-order valence-corrected chi connectivity index (χ0v) is 17.8. The van der Waals surface area contributed by atoms with Crippen molar-refractivity contribution in [2.24, 2.45) is 0 Å². The van der Waals surface area contributed by atoms with Gasteiger partial charge in [-0.15, -0.1) is 11.8 Å². The monoisotopic (exact) mass is 417 g/mol. The molecule has 0 spiro atoms. The van der Waals surface area contributed by atoms with Crippen molar-refractivity contribution in [1.29, 1.82) is 0 Å². The highest BCUT2D eigenvalue weighted by Gasteiger charge is 2.65. The largest absolute Gasteiger partial charge is 0.497 e. The van der Waals surface area contributed by atoms with E-state index in [1.165, 1.54) is 0 Å². The predicted molar refractivity (Wildman–Crippen MR) is 119 cm³/mol. The summed E-state index contributed by atoms with van der Waals surface area (Å²) in [4.78, 5) is 16.6. The second-order valence-electron chi connectivity index (χ2n) is 7.74. The van der Waals surface area contributed by atoms with Crippen molar-refractivity contribution >= 4 is 23.4 Å². The summed E-state index contributed by atoms with van der Waals surface area (Å²) in [6, 6.07) is 25.8. The molecule has 2 heterocycles. The summed E-state index contributed by atoms with van der Waals surface area (Å²) in [5.41, 5.74) is 1.45. The molecule has 1 saturated heterocycles. The molecule has 5 heteroatoms. The van der Waals surface area contributed by atoms with Gasteiger partial charge in [-0.3, -0.25) is 9.69 Å². The third kappa shape index (κ3) is 2.88. The number of benzene rings is 3. The van der Waals surface area contributed by atoms with Crippen LogP contribution in [-0.4, -0.2) is 24.4 Å². The zero-order chi connectivity index (χ0) is 20.7. The van der Waals surface area contributed by atoms with Crippen molar-refractivity contribution in [2.45, 2.75) is 35.1 Å². The first kappa shape index (κ1) is 19.1. The molecule has 2 aliphatic rings. The van der Waals surface area contributed by atoms with Crippen molar-refractivity contribution in [1.82, 2.24) is 0 Å². The topological polar surface area (TPSA) is 38.8 Å². The molecular weight excluding hydrogens is 394 g/mol. The van der Waals surface area contributed by atoms with Gasteiger partial charge in [0.1, 0.15) is 17.0 Å². The molecule has 3 aromatic carbocycles. The van der Waals surface area contributed by atoms with Gasteiger partial charge in [0.15, 0.2) is 0 Å². The number of amides is 1. The van der Waals surface area contributed by atoms with E-state index in [0.29, 0.717) is 11.0 Å². The Morgan fingerprint density at radius 2 is 1.63 bits per heavy atom. The van der Waals surface area contributed by atoms with Crippen LogP contribution < -0.4 is 14.4 Å². The van der Waals surface area contributed by atoms with Crippen LogP contribution in [0.3, 0.4) is 0 Å². The highest BCUT2D eigenvalue weighted by molar-refractivity contribution is 8.00. The van der Waals surface area contributed by atoms with E-state index >= 15 is 0 Å². The summed E-state index contributed by atoms with van der Waals surface area (Å²) in [6.07, 6.45) is 0.213. The minimum absolute atomic E-state index is 0.00294. The van der Waals surface area contributed by atoms with Crippen LogP contribution in [-0.2, 0) is 10.3 Å². The summed E-state index contributed by atoms with van der Waals surface area (Å²) < 4.78 is 11.7. The molecule has 0 unspecified atom stereocenters. The molecule has 5 rings (SSSR count). The SMILES string of the molecule is COc1ccc([C@]23C[C@@H](C)Sc4ccccc4N2C(=O)[C@H]3Oc2ccccc2)cc1. The summed E-state index contributed by atoms with van der Waals surface area (Å²) in [5, 5.41) is 0.313. The lowest BCUT2D eigenvalue weighted by Crippen LogP contribution is -2.74. The number of hydrogen-bond acceptors (Lipinski definition) is 4. The van der Waals surface area contributed by atoms with Gasteiger partial charge in [-0.1, -0.05) is 49.4 Å². The van der Waals surface area contributed by atoms with Gasteiger partial charge in [0.05, 0.1) is 12.8 Å². The molecule has 1 fully saturated rings. The Morgan fingerprint density at radius 1 is 0.933 bits per heavy atom. The van der Waals surface area contributed by atoms with Gasteiger partial charge in [-0.05, 0) is 48.4 Å². The number of methoxy groups -OCH3 is 1. The van der Waals surface area contributed by atoms with Crippen LogP contribution in [0.1, 0.15) is 18.9 Å². The van der Waals surface area contributed by atoms with Crippen LogP contribution in [0.25, 0.3) is 0 Å². The number of fused-ring (bicyclic) bond motifs is 3. The van der Waals surface area contributed by atoms with E-state index in [1.54, 1.807) is 7.11 Å². The Labute approximate surface area is 180 Å². The number of ether oxygens (including phenoxy) is 2. The smallest absolute Gasteiger partial charge is 0.271 e. The van der Waals surface area contributed by atoms with E-state index < -0.39 is 11.6 Å². The molecule has 30 heavy (non-hydrogen) atoms. The van der Waals surface area contributed by atoms with Crippen LogP contribution in [0, 0.1) is 0 Å². The Balaban J connectivity index is 1.66. The second-order valence-corrected chi connectivity index (χ2v) is 9.22. The number of β-lactam (4-membered cyclic amide) rings is 1. The van der Waals surface area contributed by atoms with E-state index in [9.17, 15) is 4.79 Å². The van der Waals surface area contributed by atoms with E-state index in [0.717, 1.165) is 28.3 Å². The average molecular weight is 418 g/mol. The van der Waals surface area contributed by atoms with Gasteiger partial charge in [0.2, 0.25) is 6.10 Å². The Kier molecular flexibility index (Phi) is 4.70. The van der Waals surface area contributed by atoms with Gasteiger partial charge < -0.3 is 9.47 Å². The van der Waals surface area contributed by atoms with E-state index in [1.807, 2.05) is 77.3 Å². The van der Waals surface area contributed by atoms with Crippen LogP contribution >= 0.6 is 11.8 Å². The lowest BCUT2D eigenvalue weighted by atomic mass is 9.71. The number of anilines is 1. The van der Waals surface area contributed by atoms with Gasteiger partial charge in [0.25, 0.3) is 5.91 Å². The fourth-order valence-corrected chi connectivity index (χ4v) is 5.81. The average Bonchev–Trinajstić information content (AvgIpc) is 2.90. The molecule has 2 aliphatic heterocycles. The standard InChI is InChI=1S/C25H23NO3S/c1-17-16-25(18-12-14-19(28-2)15-13-18)23(29-20-8-4-3-5-9-20)24(27)26(25)21-10-6-7-11-22(21)30-17/h3-15,17,23H,16H2,1-2H3/t17-,23-,25+/m1/s1. The molecule has 0 bridgehead atoms. The van der Waals surface area contributed by atoms with Crippen LogP contribution in [0.2, 0.25) is 0 Å². The molecule has 0 aromatic heterocycles. The first-order valence-corrected chi connectivity index (χ1v) is 11.0. The van der Waals surface area contributed by atoms with Crippen LogP contribution in [0.4, 0.5) is 5.69 Å². The molecule has 0 N–H and O–H groups in total. The van der Waals surface area contributed by atoms with Gasteiger partial charge in [-0.2, -0.15) is 0 Å².